The Morgan fingerprint density at radius 2 is 1.76 bits per heavy atom. The van der Waals surface area contributed by atoms with Crippen LogP contribution in [0.15, 0.2) is 0 Å². The lowest BCUT2D eigenvalue weighted by Crippen LogP contribution is -2.40. The Labute approximate surface area is 110 Å². The molecule has 2 fully saturated rings. The Kier molecular flexibility index (Phi) is 5.36. The van der Waals surface area contributed by atoms with Crippen LogP contribution in [0.2, 0.25) is 0 Å². The van der Waals surface area contributed by atoms with Crippen molar-refractivity contribution in [1.82, 2.24) is 4.90 Å². The molecule has 0 spiro atoms. The maximum absolute atomic E-state index is 11.6. The van der Waals surface area contributed by atoms with Gasteiger partial charge >= 0.3 is 0 Å². The quantitative estimate of drug-likeness (QED) is 0.571. The smallest absolute Gasteiger partial charge is 0.127 e. The summed E-state index contributed by atoms with van der Waals surface area (Å²) in [7, 11) is 0. The van der Waals surface area contributed by atoms with E-state index in [1.165, 1.54) is 63.0 Å². The fourth-order valence-electron chi connectivity index (χ4n) is 3.15. The molecule has 17 heavy (non-hydrogen) atoms. The third-order valence-corrected chi connectivity index (χ3v) is 5.25. The molecule has 98 valence electrons. The first kappa shape index (κ1) is 13.4. The summed E-state index contributed by atoms with van der Waals surface area (Å²) in [5.74, 6) is 2.54. The fraction of sp³-hybridized carbons (Fsp3) is 0.929. The van der Waals surface area contributed by atoms with Crippen LogP contribution in [0.4, 0.5) is 0 Å². The molecule has 0 aromatic rings. The standard InChI is InChI=1S/C14H25NOS/c16-13-14(6-3-1-2-4-7-14)12-15-8-5-10-17-11-9-15/h13H,1-12H2. The van der Waals surface area contributed by atoms with Crippen LogP contribution in [-0.2, 0) is 4.79 Å². The molecule has 0 radical (unpaired) electrons. The predicted octanol–water partition coefficient (Wildman–Crippen LogP) is 2.96. The molecular weight excluding hydrogens is 230 g/mol. The molecule has 0 atom stereocenters. The van der Waals surface area contributed by atoms with Gasteiger partial charge in [-0.25, -0.2) is 0 Å². The van der Waals surface area contributed by atoms with Gasteiger partial charge in [-0.15, -0.1) is 0 Å². The van der Waals surface area contributed by atoms with Crippen molar-refractivity contribution in [3.63, 3.8) is 0 Å². The number of hydrogen-bond donors (Lipinski definition) is 0. The summed E-state index contributed by atoms with van der Waals surface area (Å²) in [6, 6.07) is 0. The molecule has 1 aliphatic heterocycles. The highest BCUT2D eigenvalue weighted by Crippen LogP contribution is 2.34. The van der Waals surface area contributed by atoms with Crippen molar-refractivity contribution in [1.29, 1.82) is 0 Å². The molecule has 1 aliphatic carbocycles. The van der Waals surface area contributed by atoms with E-state index in [0.29, 0.717) is 0 Å². The summed E-state index contributed by atoms with van der Waals surface area (Å²) in [4.78, 5) is 14.1. The number of hydrogen-bond acceptors (Lipinski definition) is 3. The third kappa shape index (κ3) is 3.99. The highest BCUT2D eigenvalue weighted by atomic mass is 32.2. The van der Waals surface area contributed by atoms with E-state index < -0.39 is 0 Å². The Morgan fingerprint density at radius 1 is 1.00 bits per heavy atom. The van der Waals surface area contributed by atoms with Gasteiger partial charge in [0.05, 0.1) is 0 Å². The van der Waals surface area contributed by atoms with Crippen molar-refractivity contribution in [2.75, 3.05) is 31.1 Å². The number of aldehydes is 1. The molecule has 0 N–H and O–H groups in total. The fourth-order valence-corrected chi connectivity index (χ4v) is 4.07. The Bertz CT molecular complexity index is 228. The predicted molar refractivity (Wildman–Crippen MR) is 74.6 cm³/mol. The Hall–Kier alpha value is -0.0200. The lowest BCUT2D eigenvalue weighted by molar-refractivity contribution is -0.118. The Morgan fingerprint density at radius 3 is 2.47 bits per heavy atom. The van der Waals surface area contributed by atoms with Crippen LogP contribution in [0, 0.1) is 5.41 Å². The second-order valence-electron chi connectivity index (χ2n) is 5.64. The topological polar surface area (TPSA) is 20.3 Å². The number of thioether (sulfide) groups is 1. The zero-order valence-electron chi connectivity index (χ0n) is 10.8. The SMILES string of the molecule is O=CC1(CN2CCCSCC2)CCCCCC1. The van der Waals surface area contributed by atoms with Gasteiger partial charge in [-0.05, 0) is 31.6 Å². The highest BCUT2D eigenvalue weighted by Gasteiger charge is 2.32. The molecule has 0 aromatic carbocycles. The number of carbonyl (C=O) groups excluding carboxylic acids is 1. The van der Waals surface area contributed by atoms with Gasteiger partial charge in [-0.3, -0.25) is 0 Å². The molecule has 1 heterocycles. The largest absolute Gasteiger partial charge is 0.303 e. The summed E-state index contributed by atoms with van der Waals surface area (Å²) in [5, 5.41) is 0. The Balaban J connectivity index is 1.93. The highest BCUT2D eigenvalue weighted by molar-refractivity contribution is 7.99. The van der Waals surface area contributed by atoms with Gasteiger partial charge in [0.1, 0.15) is 6.29 Å². The molecule has 0 amide bonds. The normalized spacial score (nSPS) is 27.1. The summed E-state index contributed by atoms with van der Waals surface area (Å²) in [6.45, 7) is 3.40. The van der Waals surface area contributed by atoms with Crippen molar-refractivity contribution in [2.24, 2.45) is 5.41 Å². The van der Waals surface area contributed by atoms with Crippen LogP contribution >= 0.6 is 11.8 Å². The molecule has 2 rings (SSSR count). The van der Waals surface area contributed by atoms with Gasteiger partial charge in [0, 0.05) is 24.3 Å². The van der Waals surface area contributed by atoms with Crippen LogP contribution < -0.4 is 0 Å². The van der Waals surface area contributed by atoms with Gasteiger partial charge < -0.3 is 9.69 Å². The maximum Gasteiger partial charge on any atom is 0.127 e. The molecule has 2 aliphatic rings. The second kappa shape index (κ2) is 6.79. The zero-order chi connectivity index (χ0) is 12.0. The first-order valence-corrected chi connectivity index (χ1v) is 8.27. The number of nitrogens with zero attached hydrogens (tertiary/aromatic N) is 1. The van der Waals surface area contributed by atoms with E-state index in [1.807, 2.05) is 0 Å². The average molecular weight is 255 g/mol. The third-order valence-electron chi connectivity index (χ3n) is 4.20. The van der Waals surface area contributed by atoms with Crippen molar-refractivity contribution in [3.05, 3.63) is 0 Å². The van der Waals surface area contributed by atoms with Crippen molar-refractivity contribution >= 4 is 18.0 Å². The van der Waals surface area contributed by atoms with Crippen molar-refractivity contribution < 1.29 is 4.79 Å². The van der Waals surface area contributed by atoms with E-state index in [1.54, 1.807) is 0 Å². The van der Waals surface area contributed by atoms with Crippen molar-refractivity contribution in [3.8, 4) is 0 Å². The van der Waals surface area contributed by atoms with E-state index in [-0.39, 0.29) is 5.41 Å². The number of rotatable bonds is 3. The molecule has 0 bridgehead atoms. The van der Waals surface area contributed by atoms with Gasteiger partial charge in [-0.1, -0.05) is 25.7 Å². The molecular formula is C14H25NOS. The monoisotopic (exact) mass is 255 g/mol. The minimum atomic E-state index is -0.00843. The molecule has 3 heteroatoms. The van der Waals surface area contributed by atoms with E-state index >= 15 is 0 Å². The van der Waals surface area contributed by atoms with E-state index in [4.69, 9.17) is 0 Å². The average Bonchev–Trinajstić information content (AvgIpc) is 2.73. The first-order chi connectivity index (χ1) is 8.35. The lowest BCUT2D eigenvalue weighted by Gasteiger charge is -2.33. The minimum Gasteiger partial charge on any atom is -0.303 e. The second-order valence-corrected chi connectivity index (χ2v) is 6.86. The van der Waals surface area contributed by atoms with Gasteiger partial charge in [0.15, 0.2) is 0 Å². The van der Waals surface area contributed by atoms with Gasteiger partial charge in [0.2, 0.25) is 0 Å². The molecule has 0 aromatic heterocycles. The summed E-state index contributed by atoms with van der Waals surface area (Å²) >= 11 is 2.06. The first-order valence-electron chi connectivity index (χ1n) is 7.11. The lowest BCUT2D eigenvalue weighted by atomic mass is 9.81. The van der Waals surface area contributed by atoms with Gasteiger partial charge in [0.25, 0.3) is 0 Å². The van der Waals surface area contributed by atoms with Crippen LogP contribution in [-0.4, -0.2) is 42.3 Å². The molecule has 0 unspecified atom stereocenters. The maximum atomic E-state index is 11.6. The molecule has 1 saturated heterocycles. The molecule has 2 nitrogen and oxygen atoms in total. The van der Waals surface area contributed by atoms with Crippen molar-refractivity contribution in [2.45, 2.75) is 44.9 Å². The molecule has 1 saturated carbocycles. The van der Waals surface area contributed by atoms with E-state index in [0.717, 1.165) is 19.4 Å². The van der Waals surface area contributed by atoms with Crippen LogP contribution in [0.5, 0.6) is 0 Å². The summed E-state index contributed by atoms with van der Waals surface area (Å²) < 4.78 is 0. The van der Waals surface area contributed by atoms with Crippen LogP contribution in [0.3, 0.4) is 0 Å². The van der Waals surface area contributed by atoms with Crippen LogP contribution in [0.25, 0.3) is 0 Å². The zero-order valence-corrected chi connectivity index (χ0v) is 11.6. The van der Waals surface area contributed by atoms with E-state index in [2.05, 4.69) is 16.7 Å². The van der Waals surface area contributed by atoms with E-state index in [9.17, 15) is 4.79 Å². The van der Waals surface area contributed by atoms with Gasteiger partial charge in [-0.2, -0.15) is 11.8 Å². The number of carbonyl (C=O) groups is 1. The minimum absolute atomic E-state index is 0.00843. The summed E-state index contributed by atoms with van der Waals surface area (Å²) in [5.41, 5.74) is -0.00843. The summed E-state index contributed by atoms with van der Waals surface area (Å²) in [6.07, 6.45) is 9.98. The van der Waals surface area contributed by atoms with Crippen LogP contribution in [0.1, 0.15) is 44.9 Å².